The summed E-state index contributed by atoms with van der Waals surface area (Å²) in [6, 6.07) is 13.5. The van der Waals surface area contributed by atoms with Gasteiger partial charge in [0.15, 0.2) is 6.10 Å². The number of carbonyl (C=O) groups is 2. The number of anilines is 1. The van der Waals surface area contributed by atoms with Gasteiger partial charge < -0.3 is 19.6 Å². The Morgan fingerprint density at radius 3 is 2.50 bits per heavy atom. The highest BCUT2D eigenvalue weighted by Crippen LogP contribution is 2.47. The average molecular weight is 429 g/mol. The monoisotopic (exact) mass is 428 g/mol. The minimum absolute atomic E-state index is 0.0813. The molecule has 0 unspecified atom stereocenters. The Kier molecular flexibility index (Phi) is 7.18. The number of hydrogen-bond donors (Lipinski definition) is 1. The van der Waals surface area contributed by atoms with Gasteiger partial charge in [0.2, 0.25) is 0 Å². The van der Waals surface area contributed by atoms with Gasteiger partial charge in [-0.05, 0) is 44.3 Å². The average Bonchev–Trinajstić information content (AvgIpc) is 2.81. The summed E-state index contributed by atoms with van der Waals surface area (Å²) in [7, 11) is 3.90. The molecule has 1 aliphatic heterocycles. The quantitative estimate of drug-likeness (QED) is 0.713. The van der Waals surface area contributed by atoms with Crippen molar-refractivity contribution in [3.8, 4) is 0 Å². The van der Waals surface area contributed by atoms with Crippen LogP contribution in [0.3, 0.4) is 0 Å². The van der Waals surface area contributed by atoms with Crippen molar-refractivity contribution in [1.29, 1.82) is 0 Å². The highest BCUT2D eigenvalue weighted by molar-refractivity contribution is 7.99. The summed E-state index contributed by atoms with van der Waals surface area (Å²) in [6.45, 7) is 4.39. The number of hydrogen-bond acceptors (Lipinski definition) is 6. The maximum atomic E-state index is 13.6. The summed E-state index contributed by atoms with van der Waals surface area (Å²) < 4.78 is 5.59. The van der Waals surface area contributed by atoms with Crippen molar-refractivity contribution in [3.63, 3.8) is 0 Å². The molecule has 0 bridgehead atoms. The highest BCUT2D eigenvalue weighted by atomic mass is 32.2. The van der Waals surface area contributed by atoms with Crippen molar-refractivity contribution in [1.82, 2.24) is 4.90 Å². The second-order valence-electron chi connectivity index (χ2n) is 7.73. The summed E-state index contributed by atoms with van der Waals surface area (Å²) in [6.07, 6.45) is -0.942. The second kappa shape index (κ2) is 9.64. The van der Waals surface area contributed by atoms with E-state index >= 15 is 0 Å². The zero-order valence-corrected chi connectivity index (χ0v) is 18.6. The van der Waals surface area contributed by atoms with Crippen LogP contribution in [-0.2, 0) is 20.9 Å². The minimum atomic E-state index is -0.942. The van der Waals surface area contributed by atoms with E-state index in [0.29, 0.717) is 13.1 Å². The normalized spacial score (nSPS) is 18.9. The molecule has 1 aliphatic rings. The van der Waals surface area contributed by atoms with E-state index in [9.17, 15) is 14.7 Å². The van der Waals surface area contributed by atoms with Gasteiger partial charge in [0.25, 0.3) is 5.91 Å². The molecule has 0 fully saturated rings. The van der Waals surface area contributed by atoms with E-state index in [1.165, 1.54) is 18.7 Å². The van der Waals surface area contributed by atoms with Crippen molar-refractivity contribution in [2.45, 2.75) is 36.7 Å². The van der Waals surface area contributed by atoms with Gasteiger partial charge in [-0.1, -0.05) is 35.9 Å². The van der Waals surface area contributed by atoms with Crippen LogP contribution in [0.2, 0.25) is 0 Å². The van der Waals surface area contributed by atoms with Gasteiger partial charge in [-0.2, -0.15) is 0 Å². The molecule has 1 heterocycles. The van der Waals surface area contributed by atoms with Crippen LogP contribution in [-0.4, -0.2) is 55.2 Å². The van der Waals surface area contributed by atoms with Crippen molar-refractivity contribution in [2.75, 3.05) is 32.1 Å². The molecular weight excluding hydrogens is 400 g/mol. The number of amides is 1. The molecule has 0 radical (unpaired) electrons. The lowest BCUT2D eigenvalue weighted by Gasteiger charge is -2.28. The van der Waals surface area contributed by atoms with Crippen molar-refractivity contribution < 1.29 is 19.4 Å². The second-order valence-corrected chi connectivity index (χ2v) is 8.92. The molecule has 3 rings (SSSR count). The number of ether oxygens (including phenoxy) is 1. The van der Waals surface area contributed by atoms with Gasteiger partial charge in [-0.15, -0.1) is 11.8 Å². The Labute approximate surface area is 181 Å². The number of esters is 1. The molecule has 0 spiro atoms. The van der Waals surface area contributed by atoms with E-state index in [4.69, 9.17) is 4.74 Å². The summed E-state index contributed by atoms with van der Waals surface area (Å²) in [4.78, 5) is 30.1. The number of carbonyl (C=O) groups excluding carboxylic acids is 2. The predicted molar refractivity (Wildman–Crippen MR) is 119 cm³/mol. The maximum absolute atomic E-state index is 13.6. The Hall–Kier alpha value is -2.35. The molecule has 1 N–H and O–H groups in total. The third kappa shape index (κ3) is 5.03. The number of likely N-dealkylation sites (N-methyl/N-ethyl adjacent to an activating group) is 1. The lowest BCUT2D eigenvalue weighted by Crippen LogP contribution is -2.45. The van der Waals surface area contributed by atoms with Crippen LogP contribution in [0.25, 0.3) is 0 Å². The predicted octanol–water partition coefficient (Wildman–Crippen LogP) is 3.16. The van der Waals surface area contributed by atoms with E-state index in [1.807, 2.05) is 68.4 Å². The van der Waals surface area contributed by atoms with Crippen molar-refractivity contribution in [3.05, 3.63) is 59.2 Å². The molecule has 7 heteroatoms. The number of benzene rings is 2. The lowest BCUT2D eigenvalue weighted by molar-refractivity contribution is -0.152. The van der Waals surface area contributed by atoms with E-state index in [1.54, 1.807) is 4.90 Å². The largest absolute Gasteiger partial charge is 0.451 e. The third-order valence-electron chi connectivity index (χ3n) is 5.01. The van der Waals surface area contributed by atoms with Crippen LogP contribution in [0.5, 0.6) is 0 Å². The van der Waals surface area contributed by atoms with Gasteiger partial charge in [0.05, 0.1) is 17.5 Å². The zero-order valence-electron chi connectivity index (χ0n) is 17.8. The van der Waals surface area contributed by atoms with Crippen molar-refractivity contribution >= 4 is 29.3 Å². The Bertz CT molecular complexity index is 914. The fraction of sp³-hybridized carbons (Fsp3) is 0.391. The molecule has 30 heavy (non-hydrogen) atoms. The molecule has 2 atom stereocenters. The summed E-state index contributed by atoms with van der Waals surface area (Å²) >= 11 is 1.49. The SMILES string of the molecule is CC(=O)O[C@@H]1C(=O)N(CCN(C)C)c2ccc(CO)cc2S[C@@H]1c1ccc(C)cc1. The number of rotatable bonds is 6. The Morgan fingerprint density at radius 2 is 1.90 bits per heavy atom. The number of nitrogens with zero attached hydrogens (tertiary/aromatic N) is 2. The molecular formula is C23H28N2O4S. The first kappa shape index (κ1) is 22.3. The first-order valence-corrected chi connectivity index (χ1v) is 10.8. The van der Waals surface area contributed by atoms with Crippen LogP contribution in [0.1, 0.15) is 28.9 Å². The van der Waals surface area contributed by atoms with Crippen LogP contribution in [0, 0.1) is 6.92 Å². The number of aliphatic hydroxyl groups excluding tert-OH is 1. The smallest absolute Gasteiger partial charge is 0.303 e. The van der Waals surface area contributed by atoms with Gasteiger partial charge in [0.1, 0.15) is 0 Å². The minimum Gasteiger partial charge on any atom is -0.451 e. The molecule has 2 aromatic rings. The molecule has 6 nitrogen and oxygen atoms in total. The van der Waals surface area contributed by atoms with Crippen LogP contribution in [0.15, 0.2) is 47.4 Å². The first-order valence-electron chi connectivity index (χ1n) is 9.90. The zero-order chi connectivity index (χ0) is 21.8. The van der Waals surface area contributed by atoms with Crippen LogP contribution in [0.4, 0.5) is 5.69 Å². The van der Waals surface area contributed by atoms with Gasteiger partial charge in [0, 0.05) is 24.9 Å². The number of aryl methyl sites for hydroxylation is 1. The number of fused-ring (bicyclic) bond motifs is 1. The van der Waals surface area contributed by atoms with Crippen LogP contribution < -0.4 is 4.90 Å². The molecule has 2 aromatic carbocycles. The topological polar surface area (TPSA) is 70.1 Å². The standard InChI is InChI=1S/C23H28N2O4S/c1-15-5-8-18(9-6-15)22-21(29-16(2)27)23(28)25(12-11-24(3)4)19-10-7-17(14-26)13-20(19)30-22/h5-10,13,21-22,26H,11-12,14H2,1-4H3/t21-,22+/m0/s1. The first-order chi connectivity index (χ1) is 14.3. The lowest BCUT2D eigenvalue weighted by atomic mass is 10.0. The molecule has 160 valence electrons. The summed E-state index contributed by atoms with van der Waals surface area (Å²) in [5.41, 5.74) is 3.58. The van der Waals surface area contributed by atoms with Crippen LogP contribution >= 0.6 is 11.8 Å². The third-order valence-corrected chi connectivity index (χ3v) is 6.36. The molecule has 0 aliphatic carbocycles. The molecule has 0 aromatic heterocycles. The van der Waals surface area contributed by atoms with Gasteiger partial charge in [-0.25, -0.2) is 0 Å². The molecule has 0 saturated carbocycles. The van der Waals surface area contributed by atoms with E-state index < -0.39 is 12.1 Å². The van der Waals surface area contributed by atoms with Crippen molar-refractivity contribution in [2.24, 2.45) is 0 Å². The number of aliphatic hydroxyl groups is 1. The Morgan fingerprint density at radius 1 is 1.20 bits per heavy atom. The fourth-order valence-electron chi connectivity index (χ4n) is 3.40. The summed E-state index contributed by atoms with van der Waals surface area (Å²) in [5.74, 6) is -0.721. The Balaban J connectivity index is 2.12. The molecule has 0 saturated heterocycles. The fourth-order valence-corrected chi connectivity index (χ4v) is 4.78. The highest BCUT2D eigenvalue weighted by Gasteiger charge is 2.40. The van der Waals surface area contributed by atoms with E-state index in [2.05, 4.69) is 0 Å². The molecule has 1 amide bonds. The van der Waals surface area contributed by atoms with Gasteiger partial charge >= 0.3 is 5.97 Å². The number of thioether (sulfide) groups is 1. The van der Waals surface area contributed by atoms with Gasteiger partial charge in [-0.3, -0.25) is 9.59 Å². The maximum Gasteiger partial charge on any atom is 0.303 e. The van der Waals surface area contributed by atoms with E-state index in [-0.39, 0.29) is 17.8 Å². The van der Waals surface area contributed by atoms with E-state index in [0.717, 1.165) is 27.3 Å². The summed E-state index contributed by atoms with van der Waals surface area (Å²) in [5, 5.41) is 9.23.